The summed E-state index contributed by atoms with van der Waals surface area (Å²) in [6.45, 7) is 5.00. The van der Waals surface area contributed by atoms with Crippen LogP contribution in [0.5, 0.6) is 0 Å². The summed E-state index contributed by atoms with van der Waals surface area (Å²) in [7, 11) is 1.91. The predicted molar refractivity (Wildman–Crippen MR) is 78.3 cm³/mol. The summed E-state index contributed by atoms with van der Waals surface area (Å²) in [5, 5.41) is 12.7. The van der Waals surface area contributed by atoms with Crippen LogP contribution in [0.2, 0.25) is 0 Å². The smallest absolute Gasteiger partial charge is 0.109 e. The highest BCUT2D eigenvalue weighted by Gasteiger charge is 2.41. The predicted octanol–water partition coefficient (Wildman–Crippen LogP) is 2.63. The van der Waals surface area contributed by atoms with E-state index >= 15 is 0 Å². The van der Waals surface area contributed by atoms with Crippen LogP contribution in [-0.2, 0) is 9.47 Å². The number of hydrogen-bond donors (Lipinski definition) is 1. The van der Waals surface area contributed by atoms with E-state index in [2.05, 4.69) is 25.2 Å². The van der Waals surface area contributed by atoms with Crippen molar-refractivity contribution in [1.82, 2.24) is 5.32 Å². The van der Waals surface area contributed by atoms with Crippen LogP contribution < -0.4 is 5.32 Å². The summed E-state index contributed by atoms with van der Waals surface area (Å²) in [5.74, 6) is 0.423. The first-order valence-electron chi connectivity index (χ1n) is 7.97. The molecule has 20 heavy (non-hydrogen) atoms. The second-order valence-corrected chi connectivity index (χ2v) is 6.43. The van der Waals surface area contributed by atoms with Crippen LogP contribution in [0.25, 0.3) is 0 Å². The highest BCUT2D eigenvalue weighted by atomic mass is 16.5. The number of nitrogens with one attached hydrogen (secondary N) is 1. The third kappa shape index (κ3) is 3.52. The standard InChI is InChI=1S/C16H28N2O2/c1-12-9-15(10-13(2)20-12)19-8-6-14-5-4-7-16(14,11-17)18-3/h12-15,18H,4-10H2,1-3H3. The van der Waals surface area contributed by atoms with E-state index in [-0.39, 0.29) is 5.54 Å². The molecule has 2 aliphatic rings. The summed E-state index contributed by atoms with van der Waals surface area (Å²) in [5.41, 5.74) is -0.320. The molecule has 0 aromatic rings. The molecule has 0 bridgehead atoms. The Kier molecular flexibility index (Phi) is 5.42. The highest BCUT2D eigenvalue weighted by molar-refractivity contribution is 5.13. The van der Waals surface area contributed by atoms with Crippen LogP contribution in [0.1, 0.15) is 52.4 Å². The van der Waals surface area contributed by atoms with Gasteiger partial charge < -0.3 is 14.8 Å². The maximum atomic E-state index is 9.43. The Balaban J connectivity index is 1.77. The van der Waals surface area contributed by atoms with Gasteiger partial charge in [-0.2, -0.15) is 5.26 Å². The maximum Gasteiger partial charge on any atom is 0.109 e. The third-order valence-electron chi connectivity index (χ3n) is 4.94. The molecule has 114 valence electrons. The maximum absolute atomic E-state index is 9.43. The van der Waals surface area contributed by atoms with Crippen molar-refractivity contribution < 1.29 is 9.47 Å². The van der Waals surface area contributed by atoms with Crippen molar-refractivity contribution in [2.75, 3.05) is 13.7 Å². The Labute approximate surface area is 122 Å². The summed E-state index contributed by atoms with van der Waals surface area (Å²) >= 11 is 0. The molecule has 4 heteroatoms. The Morgan fingerprint density at radius 3 is 2.65 bits per heavy atom. The molecule has 1 N–H and O–H groups in total. The summed E-state index contributed by atoms with van der Waals surface area (Å²) in [6.07, 6.45) is 7.12. The number of rotatable bonds is 5. The van der Waals surface area contributed by atoms with Crippen LogP contribution in [0, 0.1) is 17.2 Å². The molecule has 1 saturated heterocycles. The third-order valence-corrected chi connectivity index (χ3v) is 4.94. The monoisotopic (exact) mass is 280 g/mol. The molecule has 4 atom stereocenters. The first-order chi connectivity index (χ1) is 9.59. The zero-order chi connectivity index (χ0) is 14.6. The van der Waals surface area contributed by atoms with Gasteiger partial charge >= 0.3 is 0 Å². The van der Waals surface area contributed by atoms with Gasteiger partial charge in [-0.25, -0.2) is 0 Å². The van der Waals surface area contributed by atoms with Crippen molar-refractivity contribution in [3.8, 4) is 6.07 Å². The van der Waals surface area contributed by atoms with E-state index < -0.39 is 0 Å². The van der Waals surface area contributed by atoms with Gasteiger partial charge in [0.25, 0.3) is 0 Å². The van der Waals surface area contributed by atoms with E-state index in [1.165, 1.54) is 0 Å². The van der Waals surface area contributed by atoms with Crippen LogP contribution in [0.15, 0.2) is 0 Å². The number of ether oxygens (including phenoxy) is 2. The molecule has 4 unspecified atom stereocenters. The molecule has 0 spiro atoms. The molecule has 0 aromatic heterocycles. The van der Waals surface area contributed by atoms with Gasteiger partial charge in [0, 0.05) is 6.61 Å². The average Bonchev–Trinajstić information content (AvgIpc) is 2.81. The van der Waals surface area contributed by atoms with Gasteiger partial charge in [0.15, 0.2) is 0 Å². The van der Waals surface area contributed by atoms with Crippen molar-refractivity contribution in [2.45, 2.75) is 76.2 Å². The van der Waals surface area contributed by atoms with E-state index in [4.69, 9.17) is 9.47 Å². The van der Waals surface area contributed by atoms with Gasteiger partial charge in [-0.1, -0.05) is 6.42 Å². The zero-order valence-corrected chi connectivity index (χ0v) is 13.0. The second-order valence-electron chi connectivity index (χ2n) is 6.43. The number of hydrogen-bond acceptors (Lipinski definition) is 4. The molecule has 1 aliphatic heterocycles. The van der Waals surface area contributed by atoms with Gasteiger partial charge in [-0.05, 0) is 58.9 Å². The van der Waals surface area contributed by atoms with Crippen molar-refractivity contribution in [2.24, 2.45) is 5.92 Å². The van der Waals surface area contributed by atoms with Crippen LogP contribution in [-0.4, -0.2) is 37.5 Å². The molecule has 0 amide bonds. The molecular weight excluding hydrogens is 252 g/mol. The molecule has 1 saturated carbocycles. The van der Waals surface area contributed by atoms with Crippen molar-refractivity contribution >= 4 is 0 Å². The normalized spacial score (nSPS) is 41.5. The molecule has 2 rings (SSSR count). The molecule has 0 aromatic carbocycles. The lowest BCUT2D eigenvalue weighted by Crippen LogP contribution is -2.45. The lowest BCUT2D eigenvalue weighted by atomic mass is 9.86. The fraction of sp³-hybridized carbons (Fsp3) is 0.938. The topological polar surface area (TPSA) is 54.3 Å². The van der Waals surface area contributed by atoms with Crippen LogP contribution in [0.4, 0.5) is 0 Å². The minimum absolute atomic E-state index is 0.297. The number of nitriles is 1. The molecule has 0 radical (unpaired) electrons. The van der Waals surface area contributed by atoms with Crippen molar-refractivity contribution in [1.29, 1.82) is 5.26 Å². The molecule has 1 aliphatic carbocycles. The SMILES string of the molecule is CNC1(C#N)CCCC1CCOC1CC(C)OC(C)C1. The van der Waals surface area contributed by atoms with Gasteiger partial charge in [0.1, 0.15) is 5.54 Å². The Morgan fingerprint density at radius 2 is 2.05 bits per heavy atom. The molecular formula is C16H28N2O2. The second kappa shape index (κ2) is 6.89. The van der Waals surface area contributed by atoms with Gasteiger partial charge in [0.2, 0.25) is 0 Å². The molecule has 4 nitrogen and oxygen atoms in total. The Morgan fingerprint density at radius 1 is 1.35 bits per heavy atom. The highest BCUT2D eigenvalue weighted by Crippen LogP contribution is 2.37. The Hall–Kier alpha value is -0.630. The summed E-state index contributed by atoms with van der Waals surface area (Å²) in [4.78, 5) is 0. The lowest BCUT2D eigenvalue weighted by molar-refractivity contribution is -0.103. The Bertz CT molecular complexity index is 345. The largest absolute Gasteiger partial charge is 0.378 e. The summed E-state index contributed by atoms with van der Waals surface area (Å²) < 4.78 is 11.8. The van der Waals surface area contributed by atoms with Crippen LogP contribution in [0.3, 0.4) is 0 Å². The number of nitrogens with zero attached hydrogens (tertiary/aromatic N) is 1. The van der Waals surface area contributed by atoms with E-state index in [9.17, 15) is 5.26 Å². The fourth-order valence-electron chi connectivity index (χ4n) is 3.86. The quantitative estimate of drug-likeness (QED) is 0.841. The van der Waals surface area contributed by atoms with Crippen LogP contribution >= 0.6 is 0 Å². The van der Waals surface area contributed by atoms with Crippen molar-refractivity contribution in [3.63, 3.8) is 0 Å². The first-order valence-corrected chi connectivity index (χ1v) is 7.97. The van der Waals surface area contributed by atoms with E-state index in [0.29, 0.717) is 24.2 Å². The van der Waals surface area contributed by atoms with E-state index in [1.54, 1.807) is 0 Å². The first kappa shape index (κ1) is 15.8. The molecule has 1 heterocycles. The average molecular weight is 280 g/mol. The van der Waals surface area contributed by atoms with Gasteiger partial charge in [0.05, 0.1) is 24.4 Å². The summed E-state index contributed by atoms with van der Waals surface area (Å²) in [6, 6.07) is 2.49. The zero-order valence-electron chi connectivity index (χ0n) is 13.0. The fourth-order valence-corrected chi connectivity index (χ4v) is 3.86. The minimum Gasteiger partial charge on any atom is -0.378 e. The van der Waals surface area contributed by atoms with E-state index in [0.717, 1.165) is 45.1 Å². The lowest BCUT2D eigenvalue weighted by Gasteiger charge is -2.33. The van der Waals surface area contributed by atoms with Gasteiger partial charge in [-0.3, -0.25) is 0 Å². The van der Waals surface area contributed by atoms with E-state index in [1.807, 2.05) is 7.05 Å². The molecule has 2 fully saturated rings. The van der Waals surface area contributed by atoms with Gasteiger partial charge in [-0.15, -0.1) is 0 Å². The minimum atomic E-state index is -0.320. The van der Waals surface area contributed by atoms with Crippen molar-refractivity contribution in [3.05, 3.63) is 0 Å².